The molecule has 1 aromatic carbocycles. The van der Waals surface area contributed by atoms with E-state index in [1.165, 1.54) is 0 Å². The normalized spacial score (nSPS) is 12.1. The second kappa shape index (κ2) is 9.32. The third-order valence-corrected chi connectivity index (χ3v) is 4.53. The molecule has 0 aliphatic rings. The molecule has 7 heteroatoms. The van der Waals surface area contributed by atoms with Crippen molar-refractivity contribution in [3.05, 3.63) is 47.3 Å². The van der Waals surface area contributed by atoms with Crippen molar-refractivity contribution in [2.45, 2.75) is 46.7 Å². The number of para-hydroxylation sites is 1. The summed E-state index contributed by atoms with van der Waals surface area (Å²) in [6, 6.07) is 9.53. The third kappa shape index (κ3) is 5.65. The lowest BCUT2D eigenvalue weighted by atomic mass is 10.2. The molecule has 0 fully saturated rings. The summed E-state index contributed by atoms with van der Waals surface area (Å²) in [7, 11) is 1.85. The number of nitrogens with zero attached hydrogens (tertiary/aromatic N) is 3. The number of hydrogen-bond donors (Lipinski definition) is 2. The van der Waals surface area contributed by atoms with E-state index in [0.717, 1.165) is 29.1 Å². The Hall–Kier alpha value is -2.67. The second-order valence-corrected chi connectivity index (χ2v) is 6.90. The summed E-state index contributed by atoms with van der Waals surface area (Å²) in [6.07, 6.45) is 0.811. The molecule has 27 heavy (non-hydrogen) atoms. The fraction of sp³-hybridized carbons (Fsp3) is 0.450. The molecule has 0 bridgehead atoms. The minimum atomic E-state index is -0.452. The number of benzene rings is 1. The molecule has 2 N–H and O–H groups in total. The molecule has 0 radical (unpaired) electrons. The van der Waals surface area contributed by atoms with Crippen LogP contribution < -0.4 is 10.6 Å². The van der Waals surface area contributed by atoms with Crippen molar-refractivity contribution in [2.75, 3.05) is 13.6 Å². The largest absolute Gasteiger partial charge is 0.335 e. The Morgan fingerprint density at radius 2 is 1.89 bits per heavy atom. The smallest absolute Gasteiger partial charge is 0.321 e. The van der Waals surface area contributed by atoms with Crippen molar-refractivity contribution in [1.82, 2.24) is 25.3 Å². The minimum absolute atomic E-state index is 0.0321. The van der Waals surface area contributed by atoms with E-state index in [-0.39, 0.29) is 18.5 Å². The van der Waals surface area contributed by atoms with Gasteiger partial charge in [-0.1, -0.05) is 25.1 Å². The molecule has 0 spiro atoms. The Morgan fingerprint density at radius 1 is 1.22 bits per heavy atom. The van der Waals surface area contributed by atoms with Crippen molar-refractivity contribution >= 4 is 11.9 Å². The molecule has 0 aliphatic carbocycles. The zero-order valence-electron chi connectivity index (χ0n) is 16.7. The van der Waals surface area contributed by atoms with Crippen LogP contribution in [0, 0.1) is 13.8 Å². The summed E-state index contributed by atoms with van der Waals surface area (Å²) in [5.74, 6) is -0.330. The van der Waals surface area contributed by atoms with Gasteiger partial charge in [-0.15, -0.1) is 0 Å². The van der Waals surface area contributed by atoms with Gasteiger partial charge in [0.2, 0.25) is 5.91 Å². The number of aromatic nitrogens is 2. The molecular formula is C20H29N5O2. The van der Waals surface area contributed by atoms with Crippen molar-refractivity contribution in [2.24, 2.45) is 0 Å². The lowest BCUT2D eigenvalue weighted by Crippen LogP contribution is -2.46. The lowest BCUT2D eigenvalue weighted by Gasteiger charge is -2.17. The van der Waals surface area contributed by atoms with Crippen LogP contribution in [-0.2, 0) is 11.3 Å². The summed E-state index contributed by atoms with van der Waals surface area (Å²) in [5.41, 5.74) is 4.06. The van der Waals surface area contributed by atoms with Gasteiger partial charge in [-0.05, 0) is 46.4 Å². The van der Waals surface area contributed by atoms with Crippen molar-refractivity contribution in [1.29, 1.82) is 0 Å². The van der Waals surface area contributed by atoms with Gasteiger partial charge >= 0.3 is 6.03 Å². The predicted octanol–water partition coefficient (Wildman–Crippen LogP) is 2.55. The van der Waals surface area contributed by atoms with Crippen LogP contribution >= 0.6 is 0 Å². The molecule has 0 saturated carbocycles. The molecule has 0 aliphatic heterocycles. The zero-order valence-corrected chi connectivity index (χ0v) is 16.7. The van der Waals surface area contributed by atoms with Crippen LogP contribution in [0.5, 0.6) is 0 Å². The number of rotatable bonds is 7. The fourth-order valence-electron chi connectivity index (χ4n) is 2.82. The summed E-state index contributed by atoms with van der Waals surface area (Å²) in [5, 5.41) is 9.72. The summed E-state index contributed by atoms with van der Waals surface area (Å²) < 4.78 is 1.91. The first-order valence-electron chi connectivity index (χ1n) is 9.21. The predicted molar refractivity (Wildman–Crippen MR) is 106 cm³/mol. The highest BCUT2D eigenvalue weighted by Gasteiger charge is 2.17. The second-order valence-electron chi connectivity index (χ2n) is 6.90. The van der Waals surface area contributed by atoms with Crippen molar-refractivity contribution in [3.63, 3.8) is 0 Å². The first kappa shape index (κ1) is 20.6. The monoisotopic (exact) mass is 371 g/mol. The zero-order chi connectivity index (χ0) is 20.0. The third-order valence-electron chi connectivity index (χ3n) is 4.53. The van der Waals surface area contributed by atoms with E-state index in [4.69, 9.17) is 0 Å². The molecule has 0 unspecified atom stereocenters. The van der Waals surface area contributed by atoms with Crippen LogP contribution in [-0.4, -0.2) is 46.3 Å². The maximum absolute atomic E-state index is 12.1. The highest BCUT2D eigenvalue weighted by Crippen LogP contribution is 2.19. The van der Waals surface area contributed by atoms with Gasteiger partial charge in [0.1, 0.15) is 0 Å². The Kier molecular flexibility index (Phi) is 7.12. The highest BCUT2D eigenvalue weighted by molar-refractivity contribution is 5.95. The average molecular weight is 371 g/mol. The van der Waals surface area contributed by atoms with Crippen molar-refractivity contribution < 1.29 is 9.59 Å². The number of nitrogens with one attached hydrogen (secondary N) is 2. The summed E-state index contributed by atoms with van der Waals surface area (Å²) in [6.45, 7) is 8.56. The van der Waals surface area contributed by atoms with Gasteiger partial charge < -0.3 is 5.32 Å². The van der Waals surface area contributed by atoms with E-state index in [9.17, 15) is 9.59 Å². The van der Waals surface area contributed by atoms with Crippen LogP contribution in [0.3, 0.4) is 0 Å². The molecule has 1 atom stereocenters. The number of carbonyl (C=O) groups excluding carboxylic acids is 2. The molecule has 2 aromatic rings. The van der Waals surface area contributed by atoms with Crippen LogP contribution in [0.2, 0.25) is 0 Å². The van der Waals surface area contributed by atoms with Crippen molar-refractivity contribution in [3.8, 4) is 5.69 Å². The first-order valence-corrected chi connectivity index (χ1v) is 9.21. The Morgan fingerprint density at radius 3 is 2.52 bits per heavy atom. The van der Waals surface area contributed by atoms with Gasteiger partial charge in [0, 0.05) is 23.8 Å². The Balaban J connectivity index is 1.98. The van der Waals surface area contributed by atoms with Gasteiger partial charge in [0.05, 0.1) is 17.9 Å². The van der Waals surface area contributed by atoms with Crippen LogP contribution in [0.4, 0.5) is 4.79 Å². The number of urea groups is 1. The summed E-state index contributed by atoms with van der Waals surface area (Å²) in [4.78, 5) is 25.7. The number of imide groups is 1. The van der Waals surface area contributed by atoms with Gasteiger partial charge in [-0.2, -0.15) is 5.10 Å². The Bertz CT molecular complexity index is 785. The highest BCUT2D eigenvalue weighted by atomic mass is 16.2. The molecular weight excluding hydrogens is 342 g/mol. The van der Waals surface area contributed by atoms with Gasteiger partial charge in [-0.25, -0.2) is 9.48 Å². The van der Waals surface area contributed by atoms with E-state index in [1.54, 1.807) is 0 Å². The van der Waals surface area contributed by atoms with Crippen LogP contribution in [0.25, 0.3) is 5.69 Å². The van der Waals surface area contributed by atoms with Gasteiger partial charge in [0.15, 0.2) is 0 Å². The molecule has 1 heterocycles. The maximum Gasteiger partial charge on any atom is 0.321 e. The Labute approximate surface area is 160 Å². The molecule has 3 amide bonds. The molecule has 146 valence electrons. The minimum Gasteiger partial charge on any atom is -0.335 e. The van der Waals surface area contributed by atoms with Crippen LogP contribution in [0.15, 0.2) is 30.3 Å². The van der Waals surface area contributed by atoms with Crippen LogP contribution in [0.1, 0.15) is 37.2 Å². The number of carbonyl (C=O) groups is 2. The standard InChI is InChI=1S/C20H29N5O2/c1-6-14(2)21-20(27)22-19(26)13-24(5)12-18-15(3)23-25(16(18)4)17-10-8-7-9-11-17/h7-11,14H,6,12-13H2,1-5H3,(H2,21,22,26,27)/t14-/m1/s1. The van der Waals surface area contributed by atoms with Gasteiger partial charge in [-0.3, -0.25) is 15.0 Å². The number of hydrogen-bond acceptors (Lipinski definition) is 4. The topological polar surface area (TPSA) is 79.3 Å². The fourth-order valence-corrected chi connectivity index (χ4v) is 2.82. The SMILES string of the molecule is CC[C@@H](C)NC(=O)NC(=O)CN(C)Cc1c(C)nn(-c2ccccc2)c1C. The summed E-state index contributed by atoms with van der Waals surface area (Å²) >= 11 is 0. The van der Waals surface area contributed by atoms with E-state index in [1.807, 2.05) is 74.7 Å². The molecule has 1 aromatic heterocycles. The number of aryl methyl sites for hydroxylation is 1. The maximum atomic E-state index is 12.1. The quantitative estimate of drug-likeness (QED) is 0.784. The lowest BCUT2D eigenvalue weighted by molar-refractivity contribution is -0.121. The first-order chi connectivity index (χ1) is 12.8. The van der Waals surface area contributed by atoms with E-state index in [2.05, 4.69) is 15.7 Å². The van der Waals surface area contributed by atoms with Gasteiger partial charge in [0.25, 0.3) is 0 Å². The average Bonchev–Trinajstić information content (AvgIpc) is 2.90. The molecule has 7 nitrogen and oxygen atoms in total. The molecule has 0 saturated heterocycles. The van der Waals surface area contributed by atoms with E-state index in [0.29, 0.717) is 6.54 Å². The number of likely N-dealkylation sites (N-methyl/N-ethyl adjacent to an activating group) is 1. The number of amides is 3. The molecule has 2 rings (SSSR count). The van der Waals surface area contributed by atoms with E-state index < -0.39 is 6.03 Å². The van der Waals surface area contributed by atoms with E-state index >= 15 is 0 Å².